The summed E-state index contributed by atoms with van der Waals surface area (Å²) in [7, 11) is 0. The number of rotatable bonds is 4. The van der Waals surface area contributed by atoms with Gasteiger partial charge < -0.3 is 10.1 Å². The summed E-state index contributed by atoms with van der Waals surface area (Å²) < 4.78 is 5.63. The summed E-state index contributed by atoms with van der Waals surface area (Å²) in [5.74, 6) is 0.214. The van der Waals surface area contributed by atoms with Gasteiger partial charge in [-0.2, -0.15) is 0 Å². The summed E-state index contributed by atoms with van der Waals surface area (Å²) in [5.41, 5.74) is 0.727. The molecule has 0 fully saturated rings. The Labute approximate surface area is 122 Å². The van der Waals surface area contributed by atoms with Crippen molar-refractivity contribution >= 4 is 23.2 Å². The van der Waals surface area contributed by atoms with Crippen LogP contribution in [0.2, 0.25) is 5.15 Å². The molecular weight excluding hydrogens is 278 g/mol. The summed E-state index contributed by atoms with van der Waals surface area (Å²) in [5, 5.41) is 2.91. The van der Waals surface area contributed by atoms with E-state index >= 15 is 0 Å². The quantitative estimate of drug-likeness (QED) is 0.940. The van der Waals surface area contributed by atoms with Crippen LogP contribution in [-0.4, -0.2) is 22.0 Å². The molecule has 0 saturated heterocycles. The Balaban J connectivity index is 2.19. The molecule has 1 aromatic heterocycles. The molecule has 1 N–H and O–H groups in total. The molecule has 0 unspecified atom stereocenters. The van der Waals surface area contributed by atoms with Crippen molar-refractivity contribution in [3.05, 3.63) is 47.5 Å². The monoisotopic (exact) mass is 291 g/mol. The molecule has 5 nitrogen and oxygen atoms in total. The van der Waals surface area contributed by atoms with Gasteiger partial charge >= 0.3 is 0 Å². The van der Waals surface area contributed by atoms with Crippen LogP contribution in [0.1, 0.15) is 24.3 Å². The van der Waals surface area contributed by atoms with E-state index in [9.17, 15) is 4.79 Å². The fourth-order valence-electron chi connectivity index (χ4n) is 1.56. The van der Waals surface area contributed by atoms with Crippen LogP contribution in [0, 0.1) is 0 Å². The van der Waals surface area contributed by atoms with Gasteiger partial charge in [-0.1, -0.05) is 23.7 Å². The third kappa shape index (κ3) is 3.68. The zero-order valence-corrected chi connectivity index (χ0v) is 11.9. The van der Waals surface area contributed by atoms with E-state index in [1.807, 2.05) is 26.0 Å². The highest BCUT2D eigenvalue weighted by atomic mass is 35.5. The number of ether oxygens (including phenoxy) is 1. The lowest BCUT2D eigenvalue weighted by Crippen LogP contribution is -2.16. The number of nitrogens with one attached hydrogen (secondary N) is 1. The zero-order chi connectivity index (χ0) is 14.5. The Hall–Kier alpha value is -2.14. The van der Waals surface area contributed by atoms with Crippen LogP contribution in [0.3, 0.4) is 0 Å². The molecule has 0 saturated carbocycles. The number of carbonyl (C=O) groups is 1. The van der Waals surface area contributed by atoms with Gasteiger partial charge in [-0.15, -0.1) is 0 Å². The smallest absolute Gasteiger partial charge is 0.276 e. The molecule has 6 heteroatoms. The van der Waals surface area contributed by atoms with E-state index in [0.717, 1.165) is 0 Å². The van der Waals surface area contributed by atoms with Crippen LogP contribution >= 0.6 is 11.6 Å². The van der Waals surface area contributed by atoms with Gasteiger partial charge in [-0.3, -0.25) is 9.78 Å². The third-order valence-corrected chi connectivity index (χ3v) is 2.52. The molecule has 0 aliphatic rings. The minimum Gasteiger partial charge on any atom is -0.489 e. The van der Waals surface area contributed by atoms with Crippen LogP contribution in [0.4, 0.5) is 5.69 Å². The van der Waals surface area contributed by atoms with Gasteiger partial charge in [-0.25, -0.2) is 4.98 Å². The number of halogens is 1. The molecular formula is C14H14ClN3O2. The molecule has 0 bridgehead atoms. The Kier molecular flexibility index (Phi) is 4.53. The lowest BCUT2D eigenvalue weighted by atomic mass is 10.2. The summed E-state index contributed by atoms with van der Waals surface area (Å²) in [6.45, 7) is 3.84. The Morgan fingerprint density at radius 3 is 2.75 bits per heavy atom. The van der Waals surface area contributed by atoms with Crippen molar-refractivity contribution in [3.8, 4) is 5.75 Å². The summed E-state index contributed by atoms with van der Waals surface area (Å²) in [4.78, 5) is 19.8. The second-order valence-electron chi connectivity index (χ2n) is 4.34. The first-order chi connectivity index (χ1) is 9.56. The van der Waals surface area contributed by atoms with Crippen LogP contribution in [-0.2, 0) is 0 Å². The topological polar surface area (TPSA) is 64.1 Å². The predicted molar refractivity (Wildman–Crippen MR) is 77.2 cm³/mol. The minimum absolute atomic E-state index is 0.0130. The van der Waals surface area contributed by atoms with Gasteiger partial charge in [0.2, 0.25) is 0 Å². The Morgan fingerprint density at radius 1 is 1.30 bits per heavy atom. The maximum absolute atomic E-state index is 12.1. The average molecular weight is 292 g/mol. The number of aromatic nitrogens is 2. The van der Waals surface area contributed by atoms with Crippen LogP contribution in [0.15, 0.2) is 36.7 Å². The number of anilines is 1. The van der Waals surface area contributed by atoms with Crippen molar-refractivity contribution in [2.75, 3.05) is 5.32 Å². The predicted octanol–water partition coefficient (Wildman–Crippen LogP) is 3.17. The van der Waals surface area contributed by atoms with Gasteiger partial charge in [0.05, 0.1) is 24.2 Å². The first-order valence-electron chi connectivity index (χ1n) is 6.11. The largest absolute Gasteiger partial charge is 0.489 e. The zero-order valence-electron chi connectivity index (χ0n) is 11.1. The SMILES string of the molecule is CC(C)Oc1ccccc1NC(=O)c1cncc(Cl)n1. The molecule has 2 aromatic rings. The van der Waals surface area contributed by atoms with E-state index < -0.39 is 0 Å². The molecule has 1 aromatic carbocycles. The number of amides is 1. The molecule has 2 rings (SSSR count). The van der Waals surface area contributed by atoms with Crippen molar-refractivity contribution in [1.82, 2.24) is 9.97 Å². The second-order valence-corrected chi connectivity index (χ2v) is 4.73. The minimum atomic E-state index is -0.389. The van der Waals surface area contributed by atoms with Gasteiger partial charge in [-0.05, 0) is 26.0 Å². The molecule has 0 radical (unpaired) electrons. The highest BCUT2D eigenvalue weighted by Gasteiger charge is 2.12. The van der Waals surface area contributed by atoms with E-state index in [1.165, 1.54) is 12.4 Å². The number of hydrogen-bond donors (Lipinski definition) is 1. The number of benzene rings is 1. The maximum atomic E-state index is 12.1. The van der Waals surface area contributed by atoms with Crippen molar-refractivity contribution in [3.63, 3.8) is 0 Å². The highest BCUT2D eigenvalue weighted by Crippen LogP contribution is 2.25. The van der Waals surface area contributed by atoms with Crippen molar-refractivity contribution in [2.45, 2.75) is 20.0 Å². The van der Waals surface area contributed by atoms with Crippen molar-refractivity contribution in [1.29, 1.82) is 0 Å². The molecule has 0 aliphatic heterocycles. The van der Waals surface area contributed by atoms with Crippen LogP contribution in [0.5, 0.6) is 5.75 Å². The van der Waals surface area contributed by atoms with Gasteiger partial charge in [0.25, 0.3) is 5.91 Å². The summed E-state index contributed by atoms with van der Waals surface area (Å²) in [6, 6.07) is 7.20. The van der Waals surface area contributed by atoms with Gasteiger partial charge in [0.1, 0.15) is 16.6 Å². The van der Waals surface area contributed by atoms with E-state index in [0.29, 0.717) is 11.4 Å². The lowest BCUT2D eigenvalue weighted by molar-refractivity contribution is 0.102. The number of hydrogen-bond acceptors (Lipinski definition) is 4. The van der Waals surface area contributed by atoms with Crippen LogP contribution in [0.25, 0.3) is 0 Å². The fraction of sp³-hybridized carbons (Fsp3) is 0.214. The normalized spacial score (nSPS) is 10.4. The van der Waals surface area contributed by atoms with E-state index in [-0.39, 0.29) is 22.9 Å². The van der Waals surface area contributed by atoms with E-state index in [1.54, 1.807) is 12.1 Å². The average Bonchev–Trinajstić information content (AvgIpc) is 2.40. The molecule has 1 amide bonds. The molecule has 104 valence electrons. The third-order valence-electron chi connectivity index (χ3n) is 2.34. The van der Waals surface area contributed by atoms with Crippen molar-refractivity contribution < 1.29 is 9.53 Å². The summed E-state index contributed by atoms with van der Waals surface area (Å²) in [6.07, 6.45) is 2.74. The Morgan fingerprint density at radius 2 is 2.05 bits per heavy atom. The summed E-state index contributed by atoms with van der Waals surface area (Å²) >= 11 is 5.71. The molecule has 0 atom stereocenters. The number of carbonyl (C=O) groups excluding carboxylic acids is 1. The number of nitrogens with zero attached hydrogens (tertiary/aromatic N) is 2. The molecule has 0 spiro atoms. The maximum Gasteiger partial charge on any atom is 0.276 e. The highest BCUT2D eigenvalue weighted by molar-refractivity contribution is 6.29. The second kappa shape index (κ2) is 6.34. The first kappa shape index (κ1) is 14.3. The lowest BCUT2D eigenvalue weighted by Gasteiger charge is -2.14. The van der Waals surface area contributed by atoms with Crippen LogP contribution < -0.4 is 10.1 Å². The van der Waals surface area contributed by atoms with Crippen molar-refractivity contribution in [2.24, 2.45) is 0 Å². The molecule has 1 heterocycles. The standard InChI is InChI=1S/C14H14ClN3O2/c1-9(2)20-12-6-4-3-5-10(12)18-14(19)11-7-16-8-13(15)17-11/h3-9H,1-2H3,(H,18,19). The van der Waals surface area contributed by atoms with E-state index in [4.69, 9.17) is 16.3 Å². The first-order valence-corrected chi connectivity index (χ1v) is 6.48. The molecule has 20 heavy (non-hydrogen) atoms. The Bertz CT molecular complexity index is 617. The van der Waals surface area contributed by atoms with Gasteiger partial charge in [0.15, 0.2) is 0 Å². The fourth-order valence-corrected chi connectivity index (χ4v) is 1.71. The van der Waals surface area contributed by atoms with E-state index in [2.05, 4.69) is 15.3 Å². The number of para-hydroxylation sites is 2. The molecule has 0 aliphatic carbocycles. The van der Waals surface area contributed by atoms with Gasteiger partial charge in [0, 0.05) is 0 Å².